The summed E-state index contributed by atoms with van der Waals surface area (Å²) in [7, 11) is 2.08. The molecule has 0 aliphatic carbocycles. The molecule has 2 N–H and O–H groups in total. The monoisotopic (exact) mass is 463 g/mol. The number of aromatic nitrogens is 1. The Balaban J connectivity index is 1.47. The average molecular weight is 464 g/mol. The number of benzene rings is 2. The number of aliphatic hydroxyl groups excluding tert-OH is 1. The van der Waals surface area contributed by atoms with Crippen molar-refractivity contribution >= 4 is 17.1 Å². The van der Waals surface area contributed by atoms with Crippen LogP contribution in [0.1, 0.15) is 51.7 Å². The maximum Gasteiger partial charge on any atom is 0.253 e. The Morgan fingerprint density at radius 2 is 1.97 bits per heavy atom. The molecule has 0 spiro atoms. The fourth-order valence-electron chi connectivity index (χ4n) is 4.24. The number of hydrogen-bond acceptors (Lipinski definition) is 5. The van der Waals surface area contributed by atoms with Gasteiger partial charge in [0.1, 0.15) is 5.75 Å². The molecule has 1 aliphatic rings. The third kappa shape index (κ3) is 5.28. The van der Waals surface area contributed by atoms with Crippen LogP contribution in [0.2, 0.25) is 0 Å². The van der Waals surface area contributed by atoms with E-state index in [0.717, 1.165) is 34.7 Å². The highest BCUT2D eigenvalue weighted by Gasteiger charge is 2.30. The number of likely N-dealkylation sites (N-methyl/N-ethyl adjacent to an activating group) is 1. The predicted octanol–water partition coefficient (Wildman–Crippen LogP) is 3.40. The first kappa shape index (κ1) is 23.4. The Morgan fingerprint density at radius 3 is 2.64 bits per heavy atom. The van der Waals surface area contributed by atoms with E-state index < -0.39 is 17.2 Å². The van der Waals surface area contributed by atoms with Gasteiger partial charge >= 0.3 is 0 Å². The lowest BCUT2D eigenvalue weighted by Gasteiger charge is -2.19. The summed E-state index contributed by atoms with van der Waals surface area (Å²) >= 11 is -1.04. The largest absolute Gasteiger partial charge is 0.611 e. The number of nitrogens with one attached hydrogen (secondary N) is 1. The van der Waals surface area contributed by atoms with E-state index in [-0.39, 0.29) is 18.6 Å². The first-order valence-electron chi connectivity index (χ1n) is 11.1. The van der Waals surface area contributed by atoms with Gasteiger partial charge in [0.05, 0.1) is 29.9 Å². The van der Waals surface area contributed by atoms with E-state index in [9.17, 15) is 14.5 Å². The van der Waals surface area contributed by atoms with Crippen LogP contribution in [0.5, 0.6) is 0 Å². The zero-order valence-electron chi connectivity index (χ0n) is 18.9. The molecule has 0 radical (unpaired) electrons. The van der Waals surface area contributed by atoms with E-state index in [1.807, 2.05) is 31.2 Å². The van der Waals surface area contributed by atoms with Gasteiger partial charge in [0, 0.05) is 12.7 Å². The lowest BCUT2D eigenvalue weighted by Crippen LogP contribution is -2.31. The highest BCUT2D eigenvalue weighted by atomic mass is 32.2. The molecule has 0 saturated carbocycles. The molecular formula is C26H29N3O3S. The van der Waals surface area contributed by atoms with Crippen molar-refractivity contribution in [2.24, 2.45) is 0 Å². The molecule has 0 bridgehead atoms. The Morgan fingerprint density at radius 1 is 1.24 bits per heavy atom. The molecule has 33 heavy (non-hydrogen) atoms. The molecule has 3 atom stereocenters. The Labute approximate surface area is 197 Å². The van der Waals surface area contributed by atoms with Gasteiger partial charge in [0.25, 0.3) is 5.91 Å². The van der Waals surface area contributed by atoms with Gasteiger partial charge in [-0.15, -0.1) is 0 Å². The molecule has 1 aromatic heterocycles. The fraction of sp³-hybridized carbons (Fsp3) is 0.308. The smallest absolute Gasteiger partial charge is 0.253 e. The van der Waals surface area contributed by atoms with Gasteiger partial charge in [-0.05, 0) is 66.5 Å². The number of nitrogens with zero attached hydrogens (tertiary/aromatic N) is 2. The van der Waals surface area contributed by atoms with Crippen molar-refractivity contribution in [3.8, 4) is 0 Å². The third-order valence-electron chi connectivity index (χ3n) is 6.10. The van der Waals surface area contributed by atoms with Crippen molar-refractivity contribution in [1.82, 2.24) is 15.2 Å². The minimum Gasteiger partial charge on any atom is -0.611 e. The molecular weight excluding hydrogens is 434 g/mol. The van der Waals surface area contributed by atoms with Crippen molar-refractivity contribution in [2.45, 2.75) is 36.9 Å². The van der Waals surface area contributed by atoms with Gasteiger partial charge in [0.2, 0.25) is 0 Å². The van der Waals surface area contributed by atoms with Crippen molar-refractivity contribution in [1.29, 1.82) is 0 Å². The van der Waals surface area contributed by atoms with Crippen LogP contribution in [0, 0.1) is 0 Å². The molecule has 0 saturated heterocycles. The van der Waals surface area contributed by atoms with Crippen LogP contribution in [0.3, 0.4) is 0 Å². The van der Waals surface area contributed by atoms with E-state index in [1.165, 1.54) is 5.56 Å². The highest BCUT2D eigenvalue weighted by Crippen LogP contribution is 2.33. The number of carbonyl (C=O) groups is 1. The van der Waals surface area contributed by atoms with Crippen molar-refractivity contribution in [2.75, 3.05) is 19.4 Å². The van der Waals surface area contributed by atoms with Crippen molar-refractivity contribution in [3.63, 3.8) is 0 Å². The second-order valence-corrected chi connectivity index (χ2v) is 10.0. The van der Waals surface area contributed by atoms with Gasteiger partial charge in [-0.25, -0.2) is 0 Å². The maximum absolute atomic E-state index is 12.9. The zero-order chi connectivity index (χ0) is 23.4. The summed E-state index contributed by atoms with van der Waals surface area (Å²) in [4.78, 5) is 20.6. The third-order valence-corrected chi connectivity index (χ3v) is 7.42. The summed E-state index contributed by atoms with van der Waals surface area (Å²) in [5.74, 6) is 0.270. The number of hydrogen-bond donors (Lipinski definition) is 2. The molecule has 0 fully saturated rings. The predicted molar refractivity (Wildman–Crippen MR) is 129 cm³/mol. The standard InChI is InChI=1S/C26H29N3O3S/c1-3-33(32)22-11-9-19(10-12-22)23(17-30)28-26(31)20-14-21-16-29(2)24(25(21)27-15-20)13-18-7-5-4-6-8-18/h4-12,14-15,23-24,30H,3,13,16-17H2,1-2H3,(H,28,31). The van der Waals surface area contributed by atoms with Crippen LogP contribution in [0.15, 0.2) is 71.8 Å². The Hall–Kier alpha value is -2.71. The van der Waals surface area contributed by atoms with Crippen LogP contribution in [-0.2, 0) is 24.1 Å². The summed E-state index contributed by atoms with van der Waals surface area (Å²) in [5.41, 5.74) is 4.56. The number of aliphatic hydroxyl groups is 1. The maximum atomic E-state index is 12.9. The van der Waals surface area contributed by atoms with Crippen LogP contribution >= 0.6 is 0 Å². The van der Waals surface area contributed by atoms with E-state index in [1.54, 1.807) is 30.5 Å². The zero-order valence-corrected chi connectivity index (χ0v) is 19.7. The molecule has 3 aromatic rings. The minimum atomic E-state index is -1.04. The number of rotatable bonds is 8. The highest BCUT2D eigenvalue weighted by molar-refractivity contribution is 7.91. The summed E-state index contributed by atoms with van der Waals surface area (Å²) in [6, 6.07) is 19.0. The molecule has 2 heterocycles. The molecule has 3 unspecified atom stereocenters. The van der Waals surface area contributed by atoms with E-state index in [2.05, 4.69) is 34.4 Å². The van der Waals surface area contributed by atoms with E-state index >= 15 is 0 Å². The number of pyridine rings is 1. The second-order valence-electron chi connectivity index (χ2n) is 8.30. The molecule has 1 amide bonds. The molecule has 1 aliphatic heterocycles. The van der Waals surface area contributed by atoms with Crippen LogP contribution in [0.4, 0.5) is 0 Å². The van der Waals surface area contributed by atoms with Gasteiger partial charge in [-0.3, -0.25) is 14.7 Å². The minimum absolute atomic E-state index is 0.178. The van der Waals surface area contributed by atoms with Crippen molar-refractivity contribution in [3.05, 3.63) is 94.8 Å². The van der Waals surface area contributed by atoms with Crippen molar-refractivity contribution < 1.29 is 14.5 Å². The van der Waals surface area contributed by atoms with Gasteiger partial charge in [0.15, 0.2) is 4.90 Å². The average Bonchev–Trinajstić information content (AvgIpc) is 3.16. The summed E-state index contributed by atoms with van der Waals surface area (Å²) in [6.07, 6.45) is 2.49. The van der Waals surface area contributed by atoms with Gasteiger partial charge < -0.3 is 15.0 Å². The number of amides is 1. The SMILES string of the molecule is CC[S+]([O-])c1ccc(C(CO)NC(=O)c2cnc3c(c2)CN(C)C3Cc2ccccc2)cc1. The Kier molecular flexibility index (Phi) is 7.45. The topological polar surface area (TPSA) is 88.5 Å². The van der Waals surface area contributed by atoms with E-state index in [4.69, 9.17) is 0 Å². The first-order chi connectivity index (χ1) is 16.0. The second kappa shape index (κ2) is 10.5. The molecule has 7 heteroatoms. The fourth-order valence-corrected chi connectivity index (χ4v) is 5.02. The van der Waals surface area contributed by atoms with Gasteiger partial charge in [-0.2, -0.15) is 0 Å². The van der Waals surface area contributed by atoms with Crippen LogP contribution < -0.4 is 5.32 Å². The normalized spacial score (nSPS) is 17.4. The van der Waals surface area contributed by atoms with Crippen LogP contribution in [0.25, 0.3) is 0 Å². The van der Waals surface area contributed by atoms with E-state index in [0.29, 0.717) is 11.3 Å². The molecule has 2 aromatic carbocycles. The van der Waals surface area contributed by atoms with Gasteiger partial charge in [-0.1, -0.05) is 42.5 Å². The summed E-state index contributed by atoms with van der Waals surface area (Å²) in [6.45, 7) is 2.37. The summed E-state index contributed by atoms with van der Waals surface area (Å²) < 4.78 is 12.0. The number of carbonyl (C=O) groups excluding carboxylic acids is 1. The molecule has 4 rings (SSSR count). The van der Waals surface area contributed by atoms with Crippen LogP contribution in [-0.4, -0.2) is 44.9 Å². The first-order valence-corrected chi connectivity index (χ1v) is 12.4. The lowest BCUT2D eigenvalue weighted by atomic mass is 10.0. The Bertz CT molecular complexity index is 1090. The lowest BCUT2D eigenvalue weighted by molar-refractivity contribution is 0.0915. The number of fused-ring (bicyclic) bond motifs is 1. The molecule has 6 nitrogen and oxygen atoms in total. The summed E-state index contributed by atoms with van der Waals surface area (Å²) in [5, 5.41) is 12.8. The molecule has 172 valence electrons. The quantitative estimate of drug-likeness (QED) is 0.500.